The van der Waals surface area contributed by atoms with Gasteiger partial charge in [0.05, 0.1) is 6.54 Å². The molecule has 0 N–H and O–H groups in total. The van der Waals surface area contributed by atoms with Gasteiger partial charge >= 0.3 is 6.18 Å². The zero-order valence-electron chi connectivity index (χ0n) is 11.2. The van der Waals surface area contributed by atoms with Gasteiger partial charge in [0, 0.05) is 23.6 Å². The van der Waals surface area contributed by atoms with Crippen LogP contribution in [0.15, 0.2) is 24.3 Å². The van der Waals surface area contributed by atoms with Gasteiger partial charge in [-0.25, -0.2) is 0 Å². The van der Waals surface area contributed by atoms with Gasteiger partial charge < -0.3 is 0 Å². The second-order valence-corrected chi connectivity index (χ2v) is 5.01. The maximum Gasteiger partial charge on any atom is 0.401 e. The monoisotopic (exact) mass is 307 g/mol. The smallest absolute Gasteiger partial charge is 0.295 e. The lowest BCUT2D eigenvalue weighted by Crippen LogP contribution is -2.36. The molecule has 0 heterocycles. The highest BCUT2D eigenvalue weighted by Crippen LogP contribution is 2.17. The van der Waals surface area contributed by atoms with Gasteiger partial charge in [-0.3, -0.25) is 9.69 Å². The zero-order chi connectivity index (χ0) is 15.2. The summed E-state index contributed by atoms with van der Waals surface area (Å²) in [5.41, 5.74) is 0.470. The van der Waals surface area contributed by atoms with Crippen LogP contribution in [0, 0.1) is 0 Å². The Morgan fingerprint density at radius 1 is 1.20 bits per heavy atom. The molecule has 1 aromatic rings. The molecule has 0 saturated carbocycles. The lowest BCUT2D eigenvalue weighted by atomic mass is 10.1. The normalized spacial score (nSPS) is 11.9. The number of rotatable bonds is 7. The minimum Gasteiger partial charge on any atom is -0.295 e. The van der Waals surface area contributed by atoms with Crippen LogP contribution in [-0.4, -0.2) is 36.5 Å². The van der Waals surface area contributed by atoms with Crippen molar-refractivity contribution >= 4 is 17.4 Å². The summed E-state index contributed by atoms with van der Waals surface area (Å²) in [7, 11) is 0. The third-order valence-corrected chi connectivity index (χ3v) is 3.02. The predicted molar refractivity (Wildman–Crippen MR) is 73.2 cm³/mol. The van der Waals surface area contributed by atoms with Crippen molar-refractivity contribution in [1.82, 2.24) is 4.90 Å². The molecule has 6 heteroatoms. The van der Waals surface area contributed by atoms with Crippen LogP contribution in [0.2, 0.25) is 5.02 Å². The molecule has 2 nitrogen and oxygen atoms in total. The number of alkyl halides is 3. The molecule has 0 saturated heterocycles. The van der Waals surface area contributed by atoms with Gasteiger partial charge in [-0.1, -0.05) is 18.5 Å². The van der Waals surface area contributed by atoms with Gasteiger partial charge in [-0.2, -0.15) is 13.2 Å². The predicted octanol–water partition coefficient (Wildman–Crippen LogP) is 4.19. The molecule has 0 amide bonds. The van der Waals surface area contributed by atoms with Gasteiger partial charge in [0.1, 0.15) is 0 Å². The van der Waals surface area contributed by atoms with Crippen LogP contribution in [-0.2, 0) is 0 Å². The van der Waals surface area contributed by atoms with Gasteiger partial charge in [0.2, 0.25) is 0 Å². The maximum absolute atomic E-state index is 12.4. The topological polar surface area (TPSA) is 20.3 Å². The lowest BCUT2D eigenvalue weighted by molar-refractivity contribution is -0.145. The van der Waals surface area contributed by atoms with Crippen molar-refractivity contribution in [2.24, 2.45) is 0 Å². The SMILES string of the molecule is CCCN(CCC(=O)c1ccc(Cl)cc1)CC(F)(F)F. The molecule has 20 heavy (non-hydrogen) atoms. The lowest BCUT2D eigenvalue weighted by Gasteiger charge is -2.22. The molecule has 0 radical (unpaired) electrons. The van der Waals surface area contributed by atoms with Crippen molar-refractivity contribution in [1.29, 1.82) is 0 Å². The Balaban J connectivity index is 2.54. The van der Waals surface area contributed by atoms with E-state index < -0.39 is 12.7 Å². The molecular formula is C14H17ClF3NO. The summed E-state index contributed by atoms with van der Waals surface area (Å²) in [6.07, 6.45) is -3.55. The molecule has 0 fully saturated rings. The molecule has 1 aromatic carbocycles. The number of carbonyl (C=O) groups excluding carboxylic acids is 1. The van der Waals surface area contributed by atoms with Crippen molar-refractivity contribution in [3.05, 3.63) is 34.9 Å². The van der Waals surface area contributed by atoms with E-state index in [0.29, 0.717) is 23.6 Å². The molecule has 0 atom stereocenters. The fraction of sp³-hybridized carbons (Fsp3) is 0.500. The number of hydrogen-bond acceptors (Lipinski definition) is 2. The van der Waals surface area contributed by atoms with E-state index >= 15 is 0 Å². The molecular weight excluding hydrogens is 291 g/mol. The Labute approximate surface area is 121 Å². The Bertz CT molecular complexity index is 431. The van der Waals surface area contributed by atoms with E-state index in [9.17, 15) is 18.0 Å². The van der Waals surface area contributed by atoms with Crippen LogP contribution in [0.3, 0.4) is 0 Å². The van der Waals surface area contributed by atoms with E-state index in [2.05, 4.69) is 0 Å². The van der Waals surface area contributed by atoms with E-state index in [1.165, 1.54) is 4.90 Å². The highest BCUT2D eigenvalue weighted by atomic mass is 35.5. The molecule has 0 unspecified atom stereocenters. The van der Waals surface area contributed by atoms with Crippen molar-refractivity contribution < 1.29 is 18.0 Å². The standard InChI is InChI=1S/C14H17ClF3NO/c1-2-8-19(10-14(16,17)18)9-7-13(20)11-3-5-12(15)6-4-11/h3-6H,2,7-10H2,1H3. The third kappa shape index (κ3) is 6.39. The van der Waals surface area contributed by atoms with Crippen LogP contribution in [0.25, 0.3) is 0 Å². The average molecular weight is 308 g/mol. The van der Waals surface area contributed by atoms with Crippen LogP contribution in [0.4, 0.5) is 13.2 Å². The molecule has 112 valence electrons. The van der Waals surface area contributed by atoms with Crippen LogP contribution < -0.4 is 0 Å². The van der Waals surface area contributed by atoms with Crippen molar-refractivity contribution in [2.45, 2.75) is 25.9 Å². The highest BCUT2D eigenvalue weighted by Gasteiger charge is 2.30. The van der Waals surface area contributed by atoms with Crippen molar-refractivity contribution in [3.8, 4) is 0 Å². The van der Waals surface area contributed by atoms with Gasteiger partial charge in [0.15, 0.2) is 5.78 Å². The van der Waals surface area contributed by atoms with E-state index in [4.69, 9.17) is 11.6 Å². The highest BCUT2D eigenvalue weighted by molar-refractivity contribution is 6.30. The van der Waals surface area contributed by atoms with E-state index in [1.807, 2.05) is 6.92 Å². The molecule has 0 aliphatic carbocycles. The zero-order valence-corrected chi connectivity index (χ0v) is 12.0. The molecule has 0 aliphatic rings. The van der Waals surface area contributed by atoms with Crippen LogP contribution in [0.5, 0.6) is 0 Å². The van der Waals surface area contributed by atoms with Crippen LogP contribution in [0.1, 0.15) is 30.1 Å². The summed E-state index contributed by atoms with van der Waals surface area (Å²) >= 11 is 5.71. The van der Waals surface area contributed by atoms with Gasteiger partial charge in [-0.05, 0) is 37.2 Å². The molecule has 0 aliphatic heterocycles. The first-order chi connectivity index (χ1) is 9.31. The quantitative estimate of drug-likeness (QED) is 0.704. The summed E-state index contributed by atoms with van der Waals surface area (Å²) < 4.78 is 37.1. The van der Waals surface area contributed by atoms with Gasteiger partial charge in [-0.15, -0.1) is 0 Å². The van der Waals surface area contributed by atoms with E-state index in [-0.39, 0.29) is 18.7 Å². The fourth-order valence-electron chi connectivity index (χ4n) is 1.88. The molecule has 0 spiro atoms. The number of Topliss-reactive ketones (excluding diaryl/α,β-unsaturated/α-hetero) is 1. The van der Waals surface area contributed by atoms with E-state index in [1.54, 1.807) is 24.3 Å². The largest absolute Gasteiger partial charge is 0.401 e. The summed E-state index contributed by atoms with van der Waals surface area (Å²) in [5.74, 6) is -0.176. The minimum atomic E-state index is -4.24. The van der Waals surface area contributed by atoms with Crippen LogP contribution >= 0.6 is 11.6 Å². The second-order valence-electron chi connectivity index (χ2n) is 4.57. The Kier molecular flexibility index (Phi) is 6.49. The summed E-state index contributed by atoms with van der Waals surface area (Å²) in [4.78, 5) is 13.1. The Morgan fingerprint density at radius 2 is 1.80 bits per heavy atom. The number of hydrogen-bond donors (Lipinski definition) is 0. The summed E-state index contributed by atoms with van der Waals surface area (Å²) in [6.45, 7) is 1.27. The first kappa shape index (κ1) is 17.0. The number of carbonyl (C=O) groups is 1. The summed E-state index contributed by atoms with van der Waals surface area (Å²) in [5, 5.41) is 0.520. The number of halogens is 4. The maximum atomic E-state index is 12.4. The number of benzene rings is 1. The first-order valence-electron chi connectivity index (χ1n) is 6.39. The molecule has 0 bridgehead atoms. The summed E-state index contributed by atoms with van der Waals surface area (Å²) in [6, 6.07) is 6.35. The van der Waals surface area contributed by atoms with E-state index in [0.717, 1.165) is 0 Å². The van der Waals surface area contributed by atoms with Gasteiger partial charge in [0.25, 0.3) is 0 Å². The minimum absolute atomic E-state index is 0.0672. The number of ketones is 1. The molecule has 0 aromatic heterocycles. The Hall–Kier alpha value is -1.07. The average Bonchev–Trinajstić information content (AvgIpc) is 2.35. The third-order valence-electron chi connectivity index (χ3n) is 2.76. The van der Waals surface area contributed by atoms with Crippen molar-refractivity contribution in [2.75, 3.05) is 19.6 Å². The second kappa shape index (κ2) is 7.64. The Morgan fingerprint density at radius 3 is 2.30 bits per heavy atom. The first-order valence-corrected chi connectivity index (χ1v) is 6.77. The number of nitrogens with zero attached hydrogens (tertiary/aromatic N) is 1. The van der Waals surface area contributed by atoms with Crippen molar-refractivity contribution in [3.63, 3.8) is 0 Å². The molecule has 1 rings (SSSR count). The fourth-order valence-corrected chi connectivity index (χ4v) is 2.01.